The molecule has 0 aromatic carbocycles. The Morgan fingerprint density at radius 2 is 2.22 bits per heavy atom. The topological polar surface area (TPSA) is 88.8 Å². The molecule has 1 unspecified atom stereocenters. The molecule has 2 heterocycles. The molecule has 1 amide bonds. The van der Waals surface area contributed by atoms with E-state index in [0.29, 0.717) is 12.4 Å². The monoisotopic (exact) mass is 253 g/mol. The van der Waals surface area contributed by atoms with Crippen LogP contribution in [0.5, 0.6) is 0 Å². The molecule has 2 rings (SSSR count). The molecule has 0 aliphatic carbocycles. The molecule has 1 aromatic heterocycles. The van der Waals surface area contributed by atoms with Crippen LogP contribution in [-0.4, -0.2) is 29.7 Å². The summed E-state index contributed by atoms with van der Waals surface area (Å²) >= 11 is 0. The van der Waals surface area contributed by atoms with Crippen LogP contribution in [0.25, 0.3) is 0 Å². The molecule has 1 aliphatic rings. The normalized spacial score (nSPS) is 19.4. The predicted octanol–water partition coefficient (Wildman–Crippen LogP) is 1.16. The van der Waals surface area contributed by atoms with Crippen molar-refractivity contribution < 1.29 is 23.8 Å². The number of carboxylic acid groups (broad SMARTS) is 1. The summed E-state index contributed by atoms with van der Waals surface area (Å²) in [4.78, 5) is 22.3. The molecule has 1 fully saturated rings. The summed E-state index contributed by atoms with van der Waals surface area (Å²) in [7, 11) is 0. The molecule has 1 aromatic rings. The van der Waals surface area contributed by atoms with Gasteiger partial charge in [-0.1, -0.05) is 0 Å². The first-order chi connectivity index (χ1) is 8.66. The minimum atomic E-state index is -1.12. The van der Waals surface area contributed by atoms with Gasteiger partial charge in [0.2, 0.25) is 11.7 Å². The highest BCUT2D eigenvalue weighted by atomic mass is 16.5. The lowest BCUT2D eigenvalue weighted by Crippen LogP contribution is -2.37. The van der Waals surface area contributed by atoms with E-state index >= 15 is 0 Å². The van der Waals surface area contributed by atoms with Crippen LogP contribution in [-0.2, 0) is 16.1 Å². The highest BCUT2D eigenvalue weighted by Gasteiger charge is 2.21. The lowest BCUT2D eigenvalue weighted by atomic mass is 10.1. The number of hydrogen-bond acceptors (Lipinski definition) is 4. The fourth-order valence-electron chi connectivity index (χ4n) is 1.82. The molecule has 98 valence electrons. The van der Waals surface area contributed by atoms with Crippen molar-refractivity contribution in [3.05, 3.63) is 23.7 Å². The third-order valence-corrected chi connectivity index (χ3v) is 2.78. The first-order valence-corrected chi connectivity index (χ1v) is 5.88. The average molecular weight is 253 g/mol. The Kier molecular flexibility index (Phi) is 3.99. The zero-order valence-electron chi connectivity index (χ0n) is 9.85. The summed E-state index contributed by atoms with van der Waals surface area (Å²) in [5.74, 6) is -1.02. The van der Waals surface area contributed by atoms with Gasteiger partial charge >= 0.3 is 5.97 Å². The number of amides is 1. The van der Waals surface area contributed by atoms with Crippen molar-refractivity contribution in [2.24, 2.45) is 0 Å². The second kappa shape index (κ2) is 5.68. The van der Waals surface area contributed by atoms with E-state index in [2.05, 4.69) is 5.32 Å². The number of nitrogens with one attached hydrogen (secondary N) is 1. The van der Waals surface area contributed by atoms with Gasteiger partial charge in [-0.05, 0) is 31.4 Å². The van der Waals surface area contributed by atoms with Gasteiger partial charge in [0, 0.05) is 6.61 Å². The van der Waals surface area contributed by atoms with Crippen LogP contribution in [0.3, 0.4) is 0 Å². The van der Waals surface area contributed by atoms with Crippen LogP contribution < -0.4 is 5.32 Å². The molecule has 2 N–H and O–H groups in total. The van der Waals surface area contributed by atoms with Crippen molar-refractivity contribution in [3.63, 3.8) is 0 Å². The van der Waals surface area contributed by atoms with Gasteiger partial charge in [-0.3, -0.25) is 4.79 Å². The molecule has 0 saturated carbocycles. The van der Waals surface area contributed by atoms with Crippen molar-refractivity contribution in [1.29, 1.82) is 0 Å². The van der Waals surface area contributed by atoms with Gasteiger partial charge in [0.1, 0.15) is 11.9 Å². The van der Waals surface area contributed by atoms with Crippen molar-refractivity contribution >= 4 is 11.9 Å². The van der Waals surface area contributed by atoms with Crippen LogP contribution in [0.15, 0.2) is 16.5 Å². The van der Waals surface area contributed by atoms with Gasteiger partial charge in [0.05, 0.1) is 6.54 Å². The molecule has 0 bridgehead atoms. The molecular weight excluding hydrogens is 238 g/mol. The number of rotatable bonds is 4. The standard InChI is InChI=1S/C12H15NO5/c14-11(9-3-1-2-6-17-9)13-7-8-4-5-10(18-8)12(15)16/h4-5,9H,1-3,6-7H2,(H,13,14)(H,15,16). The third-order valence-electron chi connectivity index (χ3n) is 2.78. The highest BCUT2D eigenvalue weighted by molar-refractivity contribution is 5.84. The maximum Gasteiger partial charge on any atom is 0.371 e. The summed E-state index contributed by atoms with van der Waals surface area (Å²) in [6, 6.07) is 2.90. The minimum Gasteiger partial charge on any atom is -0.475 e. The van der Waals surface area contributed by atoms with Gasteiger partial charge in [0.15, 0.2) is 0 Å². The fourth-order valence-corrected chi connectivity index (χ4v) is 1.82. The largest absolute Gasteiger partial charge is 0.475 e. The summed E-state index contributed by atoms with van der Waals surface area (Å²) in [5.41, 5.74) is 0. The summed E-state index contributed by atoms with van der Waals surface area (Å²) < 4.78 is 10.4. The van der Waals surface area contributed by atoms with Gasteiger partial charge in [0.25, 0.3) is 0 Å². The first-order valence-electron chi connectivity index (χ1n) is 5.88. The Morgan fingerprint density at radius 3 is 2.83 bits per heavy atom. The average Bonchev–Trinajstić information content (AvgIpc) is 2.86. The van der Waals surface area contributed by atoms with Crippen LogP contribution in [0.4, 0.5) is 0 Å². The Morgan fingerprint density at radius 1 is 1.39 bits per heavy atom. The van der Waals surface area contributed by atoms with E-state index in [1.807, 2.05) is 0 Å². The van der Waals surface area contributed by atoms with Crippen LogP contribution in [0.2, 0.25) is 0 Å². The second-order valence-electron chi connectivity index (χ2n) is 4.14. The molecule has 18 heavy (non-hydrogen) atoms. The first kappa shape index (κ1) is 12.6. The number of carboxylic acids is 1. The van der Waals surface area contributed by atoms with E-state index in [1.165, 1.54) is 12.1 Å². The van der Waals surface area contributed by atoms with Crippen molar-refractivity contribution in [3.8, 4) is 0 Å². The molecule has 6 nitrogen and oxygen atoms in total. The smallest absolute Gasteiger partial charge is 0.371 e. The fraction of sp³-hybridized carbons (Fsp3) is 0.500. The molecule has 6 heteroatoms. The van der Waals surface area contributed by atoms with Gasteiger partial charge in [-0.15, -0.1) is 0 Å². The maximum absolute atomic E-state index is 11.7. The Labute approximate surface area is 104 Å². The number of carbonyl (C=O) groups excluding carboxylic acids is 1. The van der Waals surface area contributed by atoms with E-state index in [-0.39, 0.29) is 18.2 Å². The second-order valence-corrected chi connectivity index (χ2v) is 4.14. The predicted molar refractivity (Wildman–Crippen MR) is 61.1 cm³/mol. The zero-order chi connectivity index (χ0) is 13.0. The third kappa shape index (κ3) is 3.10. The van der Waals surface area contributed by atoms with Crippen molar-refractivity contribution in [2.75, 3.05) is 6.61 Å². The van der Waals surface area contributed by atoms with E-state index in [9.17, 15) is 9.59 Å². The maximum atomic E-state index is 11.7. The number of hydrogen-bond donors (Lipinski definition) is 2. The van der Waals surface area contributed by atoms with E-state index in [4.69, 9.17) is 14.3 Å². The van der Waals surface area contributed by atoms with E-state index in [1.54, 1.807) is 0 Å². The van der Waals surface area contributed by atoms with Crippen molar-refractivity contribution in [2.45, 2.75) is 31.9 Å². The van der Waals surface area contributed by atoms with Crippen LogP contribution in [0, 0.1) is 0 Å². The summed E-state index contributed by atoms with van der Waals surface area (Å²) in [5, 5.41) is 11.3. The number of ether oxygens (including phenoxy) is 1. The lowest BCUT2D eigenvalue weighted by Gasteiger charge is -2.21. The Balaban J connectivity index is 1.82. The lowest BCUT2D eigenvalue weighted by molar-refractivity contribution is -0.135. The molecule has 0 radical (unpaired) electrons. The molecular formula is C12H15NO5. The Bertz CT molecular complexity index is 433. The number of carbonyl (C=O) groups is 2. The van der Waals surface area contributed by atoms with Crippen LogP contribution in [0.1, 0.15) is 35.6 Å². The quantitative estimate of drug-likeness (QED) is 0.840. The zero-order valence-corrected chi connectivity index (χ0v) is 9.85. The van der Waals surface area contributed by atoms with Gasteiger partial charge in [-0.25, -0.2) is 4.79 Å². The summed E-state index contributed by atoms with van der Waals surface area (Å²) in [6.07, 6.45) is 2.31. The highest BCUT2D eigenvalue weighted by Crippen LogP contribution is 2.13. The van der Waals surface area contributed by atoms with Gasteiger partial charge < -0.3 is 19.6 Å². The number of aromatic carboxylic acids is 1. The van der Waals surface area contributed by atoms with E-state index < -0.39 is 12.1 Å². The Hall–Kier alpha value is -1.82. The number of furan rings is 1. The van der Waals surface area contributed by atoms with Crippen LogP contribution >= 0.6 is 0 Å². The van der Waals surface area contributed by atoms with E-state index in [0.717, 1.165) is 19.3 Å². The molecule has 1 saturated heterocycles. The van der Waals surface area contributed by atoms with Gasteiger partial charge in [-0.2, -0.15) is 0 Å². The molecule has 1 aliphatic heterocycles. The minimum absolute atomic E-state index is 0.131. The molecule has 1 atom stereocenters. The van der Waals surface area contributed by atoms with Crippen molar-refractivity contribution in [1.82, 2.24) is 5.32 Å². The SMILES string of the molecule is O=C(O)c1ccc(CNC(=O)C2CCCCO2)o1. The molecule has 0 spiro atoms. The summed E-state index contributed by atoms with van der Waals surface area (Å²) in [6.45, 7) is 0.786.